The molecule has 20 heavy (non-hydrogen) atoms. The van der Waals surface area contributed by atoms with Gasteiger partial charge in [-0.25, -0.2) is 4.79 Å². The van der Waals surface area contributed by atoms with Crippen molar-refractivity contribution in [2.45, 2.75) is 63.7 Å². The summed E-state index contributed by atoms with van der Waals surface area (Å²) >= 11 is 0. The summed E-state index contributed by atoms with van der Waals surface area (Å²) in [6.45, 7) is 0. The molecule has 3 aliphatic rings. The van der Waals surface area contributed by atoms with Crippen LogP contribution in [0.15, 0.2) is 6.07 Å². The van der Waals surface area contributed by atoms with Crippen LogP contribution in [0, 0.1) is 5.92 Å². The quantitative estimate of drug-likeness (QED) is 0.834. The summed E-state index contributed by atoms with van der Waals surface area (Å²) in [7, 11) is 0. The molecule has 0 bridgehead atoms. The van der Waals surface area contributed by atoms with Crippen LogP contribution in [0.3, 0.4) is 0 Å². The Kier molecular flexibility index (Phi) is 2.87. The molecule has 2 heteroatoms. The number of rotatable bonds is 1. The minimum atomic E-state index is -0.717. The molecule has 2 atom stereocenters. The fraction of sp³-hybridized carbons (Fsp3) is 0.611. The third kappa shape index (κ3) is 1.73. The molecule has 1 aromatic carbocycles. The first-order valence-electron chi connectivity index (χ1n) is 8.16. The SMILES string of the molecule is O=C(O)c1cc2c(c3c1CCCC3)CC[C@H]1CCC[C@H]21. The molecule has 106 valence electrons. The average molecular weight is 270 g/mol. The molecule has 0 saturated heterocycles. The molecule has 1 aromatic rings. The maximum atomic E-state index is 11.7. The zero-order valence-electron chi connectivity index (χ0n) is 12.0. The van der Waals surface area contributed by atoms with E-state index in [1.807, 2.05) is 0 Å². The minimum absolute atomic E-state index is 0.617. The summed E-state index contributed by atoms with van der Waals surface area (Å²) in [5, 5.41) is 9.58. The van der Waals surface area contributed by atoms with E-state index < -0.39 is 5.97 Å². The van der Waals surface area contributed by atoms with Crippen LogP contribution in [0.4, 0.5) is 0 Å². The summed E-state index contributed by atoms with van der Waals surface area (Å²) in [4.78, 5) is 11.7. The Balaban J connectivity index is 1.92. The van der Waals surface area contributed by atoms with Crippen LogP contribution >= 0.6 is 0 Å². The van der Waals surface area contributed by atoms with Crippen molar-refractivity contribution in [3.8, 4) is 0 Å². The Bertz CT molecular complexity index is 573. The predicted molar refractivity (Wildman–Crippen MR) is 78.4 cm³/mol. The highest BCUT2D eigenvalue weighted by atomic mass is 16.4. The lowest BCUT2D eigenvalue weighted by Crippen LogP contribution is -2.22. The number of benzene rings is 1. The van der Waals surface area contributed by atoms with Crippen molar-refractivity contribution in [3.63, 3.8) is 0 Å². The third-order valence-electron chi connectivity index (χ3n) is 5.86. The van der Waals surface area contributed by atoms with E-state index in [0.29, 0.717) is 11.5 Å². The molecule has 4 rings (SSSR count). The molecule has 0 heterocycles. The highest BCUT2D eigenvalue weighted by molar-refractivity contribution is 5.90. The van der Waals surface area contributed by atoms with Crippen LogP contribution in [-0.2, 0) is 19.3 Å². The number of hydrogen-bond acceptors (Lipinski definition) is 1. The normalized spacial score (nSPS) is 27.6. The molecule has 0 unspecified atom stereocenters. The smallest absolute Gasteiger partial charge is 0.335 e. The van der Waals surface area contributed by atoms with E-state index in [9.17, 15) is 9.90 Å². The van der Waals surface area contributed by atoms with Crippen molar-refractivity contribution >= 4 is 5.97 Å². The van der Waals surface area contributed by atoms with Crippen molar-refractivity contribution in [1.29, 1.82) is 0 Å². The van der Waals surface area contributed by atoms with E-state index >= 15 is 0 Å². The highest BCUT2D eigenvalue weighted by Gasteiger charge is 2.36. The zero-order valence-corrected chi connectivity index (χ0v) is 12.0. The van der Waals surface area contributed by atoms with Gasteiger partial charge in [-0.05, 0) is 91.5 Å². The predicted octanol–water partition coefficient (Wildman–Crippen LogP) is 4.09. The van der Waals surface area contributed by atoms with Gasteiger partial charge in [-0.3, -0.25) is 0 Å². The van der Waals surface area contributed by atoms with Gasteiger partial charge in [-0.1, -0.05) is 6.42 Å². The molecule has 3 aliphatic carbocycles. The van der Waals surface area contributed by atoms with Crippen LogP contribution in [0.2, 0.25) is 0 Å². The van der Waals surface area contributed by atoms with E-state index in [1.165, 1.54) is 55.2 Å². The molecule has 1 N–H and O–H groups in total. The van der Waals surface area contributed by atoms with Crippen LogP contribution in [0.1, 0.15) is 77.1 Å². The number of aromatic carboxylic acids is 1. The highest BCUT2D eigenvalue weighted by Crippen LogP contribution is 2.49. The molecule has 0 spiro atoms. The van der Waals surface area contributed by atoms with Crippen LogP contribution < -0.4 is 0 Å². The first kappa shape index (κ1) is 12.4. The van der Waals surface area contributed by atoms with Crippen LogP contribution in [0.5, 0.6) is 0 Å². The van der Waals surface area contributed by atoms with Crippen LogP contribution in [-0.4, -0.2) is 11.1 Å². The van der Waals surface area contributed by atoms with Gasteiger partial charge in [-0.15, -0.1) is 0 Å². The Hall–Kier alpha value is -1.31. The Labute approximate surface area is 120 Å². The standard InChI is InChI=1S/C18H22O2/c19-18(20)17-10-16-12-7-3-4-11(12)8-9-15(16)13-5-1-2-6-14(13)17/h10-12H,1-9H2,(H,19,20)/t11-,12+/m1/s1. The zero-order chi connectivity index (χ0) is 13.7. The summed E-state index contributed by atoms with van der Waals surface area (Å²) < 4.78 is 0. The second-order valence-corrected chi connectivity index (χ2v) is 6.80. The van der Waals surface area contributed by atoms with Crippen LogP contribution in [0.25, 0.3) is 0 Å². The summed E-state index contributed by atoms with van der Waals surface area (Å²) in [5.41, 5.74) is 6.17. The number of hydrogen-bond donors (Lipinski definition) is 1. The van der Waals surface area contributed by atoms with Crippen molar-refractivity contribution < 1.29 is 9.90 Å². The number of carboxylic acids is 1. The van der Waals surface area contributed by atoms with Crippen molar-refractivity contribution in [3.05, 3.63) is 33.9 Å². The lowest BCUT2D eigenvalue weighted by molar-refractivity contribution is 0.0695. The number of fused-ring (bicyclic) bond motifs is 5. The molecule has 0 radical (unpaired) electrons. The van der Waals surface area contributed by atoms with Gasteiger partial charge in [0.05, 0.1) is 5.56 Å². The molecule has 2 nitrogen and oxygen atoms in total. The van der Waals surface area contributed by atoms with Gasteiger partial charge in [-0.2, -0.15) is 0 Å². The maximum Gasteiger partial charge on any atom is 0.335 e. The Morgan fingerprint density at radius 2 is 1.75 bits per heavy atom. The first-order chi connectivity index (χ1) is 9.75. The fourth-order valence-electron chi connectivity index (χ4n) is 4.98. The van der Waals surface area contributed by atoms with E-state index in [0.717, 1.165) is 25.2 Å². The van der Waals surface area contributed by atoms with Crippen molar-refractivity contribution in [2.75, 3.05) is 0 Å². The monoisotopic (exact) mass is 270 g/mol. The van der Waals surface area contributed by atoms with Gasteiger partial charge in [0.1, 0.15) is 0 Å². The Morgan fingerprint density at radius 1 is 0.950 bits per heavy atom. The molecular weight excluding hydrogens is 248 g/mol. The molecule has 1 fully saturated rings. The summed E-state index contributed by atoms with van der Waals surface area (Å²) in [5.74, 6) is 0.765. The average Bonchev–Trinajstić information content (AvgIpc) is 2.94. The lowest BCUT2D eigenvalue weighted by atomic mass is 9.71. The first-order valence-corrected chi connectivity index (χ1v) is 8.16. The van der Waals surface area contributed by atoms with Gasteiger partial charge in [0, 0.05) is 0 Å². The van der Waals surface area contributed by atoms with Crippen molar-refractivity contribution in [2.24, 2.45) is 5.92 Å². The van der Waals surface area contributed by atoms with E-state index in [4.69, 9.17) is 0 Å². The van der Waals surface area contributed by atoms with E-state index in [-0.39, 0.29) is 0 Å². The molecule has 0 aromatic heterocycles. The topological polar surface area (TPSA) is 37.3 Å². The fourth-order valence-corrected chi connectivity index (χ4v) is 4.98. The lowest BCUT2D eigenvalue weighted by Gasteiger charge is -2.33. The van der Waals surface area contributed by atoms with E-state index in [2.05, 4.69) is 6.07 Å². The van der Waals surface area contributed by atoms with Gasteiger partial charge in [0.25, 0.3) is 0 Å². The second kappa shape index (κ2) is 4.61. The maximum absolute atomic E-state index is 11.7. The number of carboxylic acid groups (broad SMARTS) is 1. The van der Waals surface area contributed by atoms with E-state index in [1.54, 1.807) is 5.56 Å². The number of carbonyl (C=O) groups is 1. The summed E-state index contributed by atoms with van der Waals surface area (Å²) in [6, 6.07) is 2.06. The molecule has 0 aliphatic heterocycles. The third-order valence-corrected chi connectivity index (χ3v) is 5.86. The Morgan fingerprint density at radius 3 is 2.55 bits per heavy atom. The largest absolute Gasteiger partial charge is 0.478 e. The molecule has 0 amide bonds. The molecule has 1 saturated carbocycles. The summed E-state index contributed by atoms with van der Waals surface area (Å²) in [6.07, 6.45) is 10.9. The van der Waals surface area contributed by atoms with Gasteiger partial charge >= 0.3 is 5.97 Å². The minimum Gasteiger partial charge on any atom is -0.478 e. The van der Waals surface area contributed by atoms with Crippen molar-refractivity contribution in [1.82, 2.24) is 0 Å². The second-order valence-electron chi connectivity index (χ2n) is 6.80. The van der Waals surface area contributed by atoms with Gasteiger partial charge in [0.2, 0.25) is 0 Å². The van der Waals surface area contributed by atoms with Gasteiger partial charge in [0.15, 0.2) is 0 Å². The van der Waals surface area contributed by atoms with Gasteiger partial charge < -0.3 is 5.11 Å². The molecular formula is C18H22O2.